The predicted molar refractivity (Wildman–Crippen MR) is 185 cm³/mol. The fraction of sp³-hybridized carbons (Fsp3) is 0.500. The van der Waals surface area contributed by atoms with Crippen LogP contribution in [0, 0.1) is 17.8 Å². The molecule has 1 N–H and O–H groups in total. The summed E-state index contributed by atoms with van der Waals surface area (Å²) in [6, 6.07) is 12.7. The maximum Gasteiger partial charge on any atom is 0.253 e. The Labute approximate surface area is 283 Å². The van der Waals surface area contributed by atoms with Crippen molar-refractivity contribution in [3.63, 3.8) is 0 Å². The highest BCUT2D eigenvalue weighted by molar-refractivity contribution is 6.07. The van der Waals surface area contributed by atoms with Gasteiger partial charge in [0.2, 0.25) is 11.8 Å². The number of amides is 3. The Morgan fingerprint density at radius 1 is 1.00 bits per heavy atom. The minimum Gasteiger partial charge on any atom is -0.497 e. The monoisotopic (exact) mass is 659 g/mol. The number of carbonyl (C=O) groups is 3. The number of benzene rings is 2. The average molecular weight is 660 g/mol. The van der Waals surface area contributed by atoms with Crippen LogP contribution < -0.4 is 19.3 Å². The zero-order valence-corrected chi connectivity index (χ0v) is 28.8. The number of rotatable bonds is 15. The zero-order chi connectivity index (χ0) is 34.8. The summed E-state index contributed by atoms with van der Waals surface area (Å²) < 4.78 is 17.9. The van der Waals surface area contributed by atoms with Gasteiger partial charge in [0.05, 0.1) is 43.8 Å². The van der Waals surface area contributed by atoms with E-state index in [1.54, 1.807) is 58.2 Å². The number of anilines is 2. The summed E-state index contributed by atoms with van der Waals surface area (Å²) in [7, 11) is 1.57. The smallest absolute Gasteiger partial charge is 0.253 e. The second-order valence-corrected chi connectivity index (χ2v) is 13.5. The molecule has 6 atom stereocenters. The molecule has 3 saturated heterocycles. The van der Waals surface area contributed by atoms with E-state index >= 15 is 0 Å². The largest absolute Gasteiger partial charge is 0.497 e. The Balaban J connectivity index is 1.61. The van der Waals surface area contributed by atoms with Crippen molar-refractivity contribution < 1.29 is 33.7 Å². The van der Waals surface area contributed by atoms with Gasteiger partial charge in [-0.2, -0.15) is 0 Å². The summed E-state index contributed by atoms with van der Waals surface area (Å²) >= 11 is 0. The molecule has 3 aliphatic heterocycles. The summed E-state index contributed by atoms with van der Waals surface area (Å²) in [6.07, 6.45) is 4.69. The highest BCUT2D eigenvalue weighted by Gasteiger charge is 2.79. The van der Waals surface area contributed by atoms with Crippen LogP contribution in [0.1, 0.15) is 47.0 Å². The fourth-order valence-electron chi connectivity index (χ4n) is 8.10. The third-order valence-corrected chi connectivity index (χ3v) is 10.1. The Hall–Kier alpha value is -4.15. The number of fused-ring (bicyclic) bond motifs is 1. The Kier molecular flexibility index (Phi) is 10.4. The van der Waals surface area contributed by atoms with Crippen molar-refractivity contribution in [3.05, 3.63) is 73.8 Å². The molecular formula is C38H49N3O7. The molecule has 3 aliphatic rings. The van der Waals surface area contributed by atoms with E-state index < -0.39 is 35.1 Å². The molecule has 48 heavy (non-hydrogen) atoms. The quantitative estimate of drug-likeness (QED) is 0.268. The number of carbonyl (C=O) groups excluding carboxylic acids is 3. The molecule has 3 amide bonds. The van der Waals surface area contributed by atoms with Gasteiger partial charge in [-0.05, 0) is 87.6 Å². The first-order valence-corrected chi connectivity index (χ1v) is 16.8. The van der Waals surface area contributed by atoms with Crippen molar-refractivity contribution in [1.82, 2.24) is 4.90 Å². The van der Waals surface area contributed by atoms with Crippen molar-refractivity contribution in [2.24, 2.45) is 17.8 Å². The molecule has 2 bridgehead atoms. The molecule has 0 radical (unpaired) electrons. The van der Waals surface area contributed by atoms with E-state index in [4.69, 9.17) is 14.2 Å². The van der Waals surface area contributed by atoms with E-state index in [0.29, 0.717) is 48.7 Å². The molecule has 2 aromatic carbocycles. The number of aliphatic hydroxyl groups is 1. The minimum absolute atomic E-state index is 0.129. The van der Waals surface area contributed by atoms with Crippen LogP contribution in [0.2, 0.25) is 0 Å². The number of likely N-dealkylation sites (tertiary alicyclic amines) is 1. The Morgan fingerprint density at radius 2 is 1.56 bits per heavy atom. The van der Waals surface area contributed by atoms with Gasteiger partial charge < -0.3 is 34.0 Å². The molecular weight excluding hydrogens is 610 g/mol. The SMILES string of the molecule is C=CCN(C(=O)C1N([C@@H](CO)CC(C)C)C(=O)[C@@H]2[C@H](C(=O)N(CC=C)c3ccc(OCC)cc3)[C@]3(C)CCC12O3)c1ccc(OC)cc1. The van der Waals surface area contributed by atoms with Crippen molar-refractivity contribution in [1.29, 1.82) is 0 Å². The number of hydrogen-bond donors (Lipinski definition) is 1. The Morgan fingerprint density at radius 3 is 2.06 bits per heavy atom. The first-order chi connectivity index (χ1) is 23.0. The maximum absolute atomic E-state index is 15.0. The molecule has 0 aliphatic carbocycles. The van der Waals surface area contributed by atoms with Gasteiger partial charge >= 0.3 is 0 Å². The normalized spacial score (nSPS) is 26.3. The van der Waals surface area contributed by atoms with Gasteiger partial charge in [-0.1, -0.05) is 26.0 Å². The van der Waals surface area contributed by atoms with Gasteiger partial charge in [0.15, 0.2) is 0 Å². The topological polar surface area (TPSA) is 109 Å². The second kappa shape index (κ2) is 14.1. The van der Waals surface area contributed by atoms with Gasteiger partial charge in [-0.3, -0.25) is 14.4 Å². The molecule has 2 aromatic rings. The van der Waals surface area contributed by atoms with Crippen molar-refractivity contribution >= 4 is 29.1 Å². The van der Waals surface area contributed by atoms with Crippen LogP contribution in [-0.4, -0.2) is 84.4 Å². The first-order valence-electron chi connectivity index (χ1n) is 16.8. The van der Waals surface area contributed by atoms with Crippen LogP contribution in [-0.2, 0) is 19.1 Å². The van der Waals surface area contributed by atoms with Gasteiger partial charge in [0.1, 0.15) is 23.1 Å². The highest BCUT2D eigenvalue weighted by Crippen LogP contribution is 2.64. The lowest BCUT2D eigenvalue weighted by atomic mass is 9.66. The second-order valence-electron chi connectivity index (χ2n) is 13.5. The van der Waals surface area contributed by atoms with Gasteiger partial charge in [-0.25, -0.2) is 0 Å². The summed E-state index contributed by atoms with van der Waals surface area (Å²) in [6.45, 7) is 16.2. The number of nitrogens with zero attached hydrogens (tertiary/aromatic N) is 3. The van der Waals surface area contributed by atoms with Crippen molar-refractivity contribution in [2.75, 3.05) is 43.2 Å². The molecule has 1 spiro atoms. The van der Waals surface area contributed by atoms with Crippen LogP contribution in [0.4, 0.5) is 11.4 Å². The van der Waals surface area contributed by atoms with E-state index in [1.807, 2.05) is 52.0 Å². The standard InChI is InChI=1S/C38H49N3O7/c1-8-21-39(26-13-17-30(18-14-26)47-10-3)34(43)31-32-35(44)41(28(24-42)23-25(4)5)33(38(32)20-19-37(31,6)48-38)36(45)40(22-9-2)27-11-15-29(46-7)16-12-27/h8-9,11-18,25,28,31-33,42H,1-2,10,19-24H2,3-7H3/t28-,31-,32+,33?,37+,38?/m1/s1. The summed E-state index contributed by atoms with van der Waals surface area (Å²) in [5.74, 6) is -1.28. The third kappa shape index (κ3) is 6.00. The van der Waals surface area contributed by atoms with Crippen LogP contribution in [0.5, 0.6) is 11.5 Å². The summed E-state index contributed by atoms with van der Waals surface area (Å²) in [4.78, 5) is 49.4. The molecule has 5 rings (SSSR count). The molecule has 3 heterocycles. The lowest BCUT2D eigenvalue weighted by Gasteiger charge is -2.40. The first kappa shape index (κ1) is 35.2. The molecule has 3 fully saturated rings. The van der Waals surface area contributed by atoms with Crippen LogP contribution in [0.3, 0.4) is 0 Å². The molecule has 10 heteroatoms. The van der Waals surface area contributed by atoms with Gasteiger partial charge in [0.25, 0.3) is 5.91 Å². The van der Waals surface area contributed by atoms with E-state index in [1.165, 1.54) is 0 Å². The van der Waals surface area contributed by atoms with Crippen LogP contribution in [0.25, 0.3) is 0 Å². The summed E-state index contributed by atoms with van der Waals surface area (Å²) in [5.41, 5.74) is -0.999. The zero-order valence-electron chi connectivity index (χ0n) is 28.8. The number of methoxy groups -OCH3 is 1. The Bertz CT molecular complexity index is 1510. The lowest BCUT2D eigenvalue weighted by Crippen LogP contribution is -2.59. The molecule has 258 valence electrons. The van der Waals surface area contributed by atoms with Crippen LogP contribution >= 0.6 is 0 Å². The number of hydrogen-bond acceptors (Lipinski definition) is 7. The molecule has 2 unspecified atom stereocenters. The number of ether oxygens (including phenoxy) is 3. The highest BCUT2D eigenvalue weighted by atomic mass is 16.5. The molecule has 0 aromatic heterocycles. The van der Waals surface area contributed by atoms with Gasteiger partial charge in [-0.15, -0.1) is 13.2 Å². The molecule has 0 saturated carbocycles. The number of aliphatic hydroxyl groups excluding tert-OH is 1. The van der Waals surface area contributed by atoms with E-state index in [9.17, 15) is 19.5 Å². The minimum atomic E-state index is -1.27. The van der Waals surface area contributed by atoms with Crippen molar-refractivity contribution in [2.45, 2.75) is 70.2 Å². The summed E-state index contributed by atoms with van der Waals surface area (Å²) in [5, 5.41) is 10.7. The van der Waals surface area contributed by atoms with E-state index in [2.05, 4.69) is 13.2 Å². The van der Waals surface area contributed by atoms with Crippen LogP contribution in [0.15, 0.2) is 73.8 Å². The third-order valence-electron chi connectivity index (χ3n) is 10.1. The van der Waals surface area contributed by atoms with E-state index in [-0.39, 0.29) is 43.3 Å². The lowest BCUT2D eigenvalue weighted by molar-refractivity contribution is -0.148. The van der Waals surface area contributed by atoms with Gasteiger partial charge in [0, 0.05) is 24.5 Å². The molecule has 10 nitrogen and oxygen atoms in total. The fourth-order valence-corrected chi connectivity index (χ4v) is 8.10. The van der Waals surface area contributed by atoms with Crippen molar-refractivity contribution in [3.8, 4) is 11.5 Å². The van der Waals surface area contributed by atoms with E-state index in [0.717, 1.165) is 0 Å². The predicted octanol–water partition coefficient (Wildman–Crippen LogP) is 5.00. The maximum atomic E-state index is 15.0. The average Bonchev–Trinajstić information content (AvgIpc) is 3.65.